The van der Waals surface area contributed by atoms with Crippen LogP contribution < -0.4 is 5.32 Å². The summed E-state index contributed by atoms with van der Waals surface area (Å²) < 4.78 is 13.9. The Balaban J connectivity index is 2.23. The first kappa shape index (κ1) is 14.4. The Hall–Kier alpha value is -1.04. The number of carbonyl (C=O) groups is 1. The largest absolute Gasteiger partial charge is 0.321 e. The van der Waals surface area contributed by atoms with Gasteiger partial charge in [0.05, 0.1) is 10.7 Å². The molecule has 2 nitrogen and oxygen atoms in total. The first-order valence-corrected chi connectivity index (χ1v) is 6.84. The molecule has 0 aliphatic heterocycles. The van der Waals surface area contributed by atoms with Gasteiger partial charge in [0.15, 0.2) is 0 Å². The molecule has 0 aromatic heterocycles. The summed E-state index contributed by atoms with van der Waals surface area (Å²) in [5.41, 5.74) is 0.797. The van der Waals surface area contributed by atoms with Crippen molar-refractivity contribution in [1.29, 1.82) is 0 Å². The number of nitrogens with one attached hydrogen (secondary N) is 1. The minimum absolute atomic E-state index is 0.120. The highest BCUT2D eigenvalue weighted by Gasteiger charge is 2.10. The van der Waals surface area contributed by atoms with E-state index in [-0.39, 0.29) is 10.8 Å². The highest BCUT2D eigenvalue weighted by Crippen LogP contribution is 2.26. The van der Waals surface area contributed by atoms with Gasteiger partial charge in [-0.2, -0.15) is 0 Å². The van der Waals surface area contributed by atoms with Gasteiger partial charge in [-0.05, 0) is 36.4 Å². The van der Waals surface area contributed by atoms with E-state index in [4.69, 9.17) is 11.6 Å². The van der Waals surface area contributed by atoms with Crippen LogP contribution in [0.15, 0.2) is 45.8 Å². The van der Waals surface area contributed by atoms with Crippen LogP contribution in [0.4, 0.5) is 10.1 Å². The standard InChI is InChI=1S/C13H8BrClFNOS/c14-8-2-4-11(9(15)6-8)17-13(18)7-1-3-10(16)12(19)5-7/h1-6,19H,(H,17,18). The maximum atomic E-state index is 13.1. The molecule has 0 atom stereocenters. The molecule has 0 aliphatic carbocycles. The zero-order chi connectivity index (χ0) is 14.0. The highest BCUT2D eigenvalue weighted by molar-refractivity contribution is 9.10. The van der Waals surface area contributed by atoms with Gasteiger partial charge in [0.2, 0.25) is 0 Å². The van der Waals surface area contributed by atoms with E-state index in [1.807, 2.05) is 0 Å². The SMILES string of the molecule is O=C(Nc1ccc(Br)cc1Cl)c1ccc(F)c(S)c1. The maximum Gasteiger partial charge on any atom is 0.255 e. The third-order valence-electron chi connectivity index (χ3n) is 2.39. The Labute approximate surface area is 128 Å². The fourth-order valence-corrected chi connectivity index (χ4v) is 2.37. The van der Waals surface area contributed by atoms with Gasteiger partial charge in [0.25, 0.3) is 5.91 Å². The van der Waals surface area contributed by atoms with Gasteiger partial charge in [0, 0.05) is 14.9 Å². The molecule has 1 N–H and O–H groups in total. The summed E-state index contributed by atoms with van der Waals surface area (Å²) in [6.45, 7) is 0. The van der Waals surface area contributed by atoms with Crippen molar-refractivity contribution in [2.75, 3.05) is 5.32 Å². The van der Waals surface area contributed by atoms with Crippen molar-refractivity contribution in [1.82, 2.24) is 0 Å². The van der Waals surface area contributed by atoms with E-state index >= 15 is 0 Å². The van der Waals surface area contributed by atoms with Crippen LogP contribution in [0.5, 0.6) is 0 Å². The topological polar surface area (TPSA) is 29.1 Å². The quantitative estimate of drug-likeness (QED) is 0.741. The second-order valence-corrected chi connectivity index (χ2v) is 5.55. The van der Waals surface area contributed by atoms with Crippen LogP contribution in [0.25, 0.3) is 0 Å². The first-order chi connectivity index (χ1) is 8.97. The smallest absolute Gasteiger partial charge is 0.255 e. The average Bonchev–Trinajstić information content (AvgIpc) is 2.36. The Morgan fingerprint density at radius 1 is 1.26 bits per heavy atom. The van der Waals surface area contributed by atoms with Gasteiger partial charge >= 0.3 is 0 Å². The average molecular weight is 361 g/mol. The number of anilines is 1. The Morgan fingerprint density at radius 3 is 2.63 bits per heavy atom. The van der Waals surface area contributed by atoms with Crippen molar-refractivity contribution >= 4 is 51.8 Å². The van der Waals surface area contributed by atoms with Gasteiger partial charge in [-0.15, -0.1) is 12.6 Å². The molecular weight excluding hydrogens is 353 g/mol. The second kappa shape index (κ2) is 5.94. The van der Waals surface area contributed by atoms with E-state index in [2.05, 4.69) is 33.9 Å². The predicted octanol–water partition coefficient (Wildman–Crippen LogP) is 4.78. The summed E-state index contributed by atoms with van der Waals surface area (Å²) in [6.07, 6.45) is 0. The zero-order valence-electron chi connectivity index (χ0n) is 9.45. The summed E-state index contributed by atoms with van der Waals surface area (Å²) >= 11 is 13.2. The van der Waals surface area contributed by atoms with Gasteiger partial charge in [-0.25, -0.2) is 4.39 Å². The lowest BCUT2D eigenvalue weighted by molar-refractivity contribution is 0.102. The lowest BCUT2D eigenvalue weighted by Crippen LogP contribution is -2.12. The van der Waals surface area contributed by atoms with E-state index in [9.17, 15) is 9.18 Å². The van der Waals surface area contributed by atoms with Crippen LogP contribution in [-0.4, -0.2) is 5.91 Å². The van der Waals surface area contributed by atoms with Crippen LogP contribution in [0, 0.1) is 5.82 Å². The molecule has 0 saturated carbocycles. The predicted molar refractivity (Wildman–Crippen MR) is 80.8 cm³/mol. The molecule has 2 aromatic carbocycles. The molecule has 0 heterocycles. The van der Waals surface area contributed by atoms with E-state index in [0.29, 0.717) is 16.3 Å². The molecule has 0 saturated heterocycles. The summed E-state index contributed by atoms with van der Waals surface area (Å²) in [5, 5.41) is 3.07. The molecule has 0 aliphatic rings. The van der Waals surface area contributed by atoms with Crippen molar-refractivity contribution in [3.63, 3.8) is 0 Å². The summed E-state index contributed by atoms with van der Waals surface area (Å²) in [7, 11) is 0. The van der Waals surface area contributed by atoms with Crippen molar-refractivity contribution in [3.8, 4) is 0 Å². The molecule has 6 heteroatoms. The number of amides is 1. The van der Waals surface area contributed by atoms with E-state index < -0.39 is 5.82 Å². The van der Waals surface area contributed by atoms with Gasteiger partial charge < -0.3 is 5.32 Å². The van der Waals surface area contributed by atoms with Crippen molar-refractivity contribution in [2.24, 2.45) is 0 Å². The molecule has 0 radical (unpaired) electrons. The second-order valence-electron chi connectivity index (χ2n) is 3.74. The van der Waals surface area contributed by atoms with E-state index in [0.717, 1.165) is 4.47 Å². The number of hydrogen-bond acceptors (Lipinski definition) is 2. The summed E-state index contributed by atoms with van der Waals surface area (Å²) in [5.74, 6) is -0.846. The number of rotatable bonds is 2. The number of benzene rings is 2. The fraction of sp³-hybridized carbons (Fsp3) is 0. The van der Waals surface area contributed by atoms with Crippen LogP contribution in [0.1, 0.15) is 10.4 Å². The molecule has 2 rings (SSSR count). The Kier molecular flexibility index (Phi) is 4.50. The van der Waals surface area contributed by atoms with Crippen molar-refractivity contribution < 1.29 is 9.18 Å². The molecule has 0 spiro atoms. The number of carbonyl (C=O) groups excluding carboxylic acids is 1. The maximum absolute atomic E-state index is 13.1. The number of halogens is 3. The first-order valence-electron chi connectivity index (χ1n) is 5.22. The number of hydrogen-bond donors (Lipinski definition) is 2. The van der Waals surface area contributed by atoms with Gasteiger partial charge in [0.1, 0.15) is 5.82 Å². The lowest BCUT2D eigenvalue weighted by atomic mass is 10.2. The van der Waals surface area contributed by atoms with E-state index in [1.165, 1.54) is 18.2 Å². The molecule has 0 bridgehead atoms. The van der Waals surface area contributed by atoms with Crippen LogP contribution in [0.3, 0.4) is 0 Å². The monoisotopic (exact) mass is 359 g/mol. The van der Waals surface area contributed by atoms with Crippen LogP contribution in [0.2, 0.25) is 5.02 Å². The van der Waals surface area contributed by atoms with Crippen molar-refractivity contribution in [2.45, 2.75) is 4.90 Å². The van der Waals surface area contributed by atoms with Gasteiger partial charge in [-0.3, -0.25) is 4.79 Å². The van der Waals surface area contributed by atoms with Gasteiger partial charge in [-0.1, -0.05) is 27.5 Å². The summed E-state index contributed by atoms with van der Waals surface area (Å²) in [4.78, 5) is 12.1. The molecule has 19 heavy (non-hydrogen) atoms. The molecule has 0 unspecified atom stereocenters. The zero-order valence-corrected chi connectivity index (χ0v) is 12.7. The van der Waals surface area contributed by atoms with Crippen LogP contribution >= 0.6 is 40.2 Å². The van der Waals surface area contributed by atoms with Crippen molar-refractivity contribution in [3.05, 3.63) is 57.3 Å². The minimum atomic E-state index is -0.471. The van der Waals surface area contributed by atoms with E-state index in [1.54, 1.807) is 18.2 Å². The highest BCUT2D eigenvalue weighted by atomic mass is 79.9. The minimum Gasteiger partial charge on any atom is -0.321 e. The molecule has 1 amide bonds. The normalized spacial score (nSPS) is 10.3. The third-order valence-corrected chi connectivity index (χ3v) is 3.54. The number of thiol groups is 1. The fourth-order valence-electron chi connectivity index (χ4n) is 1.44. The molecular formula is C13H8BrClFNOS. The Morgan fingerprint density at radius 2 is 2.00 bits per heavy atom. The molecule has 2 aromatic rings. The molecule has 98 valence electrons. The molecule has 0 fully saturated rings. The summed E-state index contributed by atoms with van der Waals surface area (Å²) in [6, 6.07) is 9.05. The third kappa shape index (κ3) is 3.49. The Bertz CT molecular complexity index is 651. The van der Waals surface area contributed by atoms with Crippen LogP contribution in [-0.2, 0) is 0 Å². The lowest BCUT2D eigenvalue weighted by Gasteiger charge is -2.08.